The van der Waals surface area contributed by atoms with Gasteiger partial charge >= 0.3 is 16.5 Å². The van der Waals surface area contributed by atoms with Crippen molar-refractivity contribution in [1.29, 1.82) is 0 Å². The Morgan fingerprint density at radius 1 is 0.457 bits per heavy atom. The van der Waals surface area contributed by atoms with Crippen molar-refractivity contribution >= 4 is 15.8 Å². The molecule has 3 heteroatoms. The summed E-state index contributed by atoms with van der Waals surface area (Å²) in [6.07, 6.45) is 47.7. The van der Waals surface area contributed by atoms with Gasteiger partial charge in [0.25, 0.3) is 0 Å². The van der Waals surface area contributed by atoms with Crippen molar-refractivity contribution in [3.63, 3.8) is 0 Å². The van der Waals surface area contributed by atoms with Crippen LogP contribution in [0.25, 0.3) is 0 Å². The molecular formula is C32H58NiP2+2. The van der Waals surface area contributed by atoms with E-state index in [2.05, 4.69) is 54.4 Å². The van der Waals surface area contributed by atoms with E-state index in [1.165, 1.54) is 77.0 Å². The molecule has 0 nitrogen and oxygen atoms in total. The Kier molecular flexibility index (Phi) is 59.7. The second-order valence-corrected chi connectivity index (χ2v) is 14.7. The zero-order valence-electron chi connectivity index (χ0n) is 24.2. The largest absolute Gasteiger partial charge is 2.00 e. The maximum absolute atomic E-state index is 5.97. The summed E-state index contributed by atoms with van der Waals surface area (Å²) in [4.78, 5) is 0. The average Bonchev–Trinajstić information content (AvgIpc) is 2.88. The van der Waals surface area contributed by atoms with E-state index in [0.717, 1.165) is 0 Å². The molecule has 0 aliphatic carbocycles. The van der Waals surface area contributed by atoms with Crippen molar-refractivity contribution < 1.29 is 16.5 Å². The molecule has 0 rings (SSSR count). The van der Waals surface area contributed by atoms with Crippen molar-refractivity contribution in [2.45, 2.75) is 119 Å². The van der Waals surface area contributed by atoms with Gasteiger partial charge in [-0.25, -0.2) is 12.8 Å². The first kappa shape index (κ1) is 44.6. The number of rotatable bonds is 18. The van der Waals surface area contributed by atoms with Crippen molar-refractivity contribution in [1.82, 2.24) is 0 Å². The minimum Gasteiger partial charge on any atom is -0.358 e. The third kappa shape index (κ3) is 51.2. The van der Waals surface area contributed by atoms with Gasteiger partial charge in [-0.1, -0.05) is 80.1 Å². The zero-order chi connectivity index (χ0) is 26.7. The first-order chi connectivity index (χ1) is 16.5. The molecule has 0 spiro atoms. The Bertz CT molecular complexity index is 406. The van der Waals surface area contributed by atoms with Crippen LogP contribution in [-0.2, 0) is 16.5 Å². The smallest absolute Gasteiger partial charge is 0.358 e. The van der Waals surface area contributed by atoms with Crippen LogP contribution in [0.3, 0.4) is 0 Å². The van der Waals surface area contributed by atoms with Crippen LogP contribution < -0.4 is 0 Å². The zero-order valence-corrected chi connectivity index (χ0v) is 27.2. The fraction of sp³-hybridized carbons (Fsp3) is 0.750. The summed E-state index contributed by atoms with van der Waals surface area (Å²) in [7, 11) is 0.135. The monoisotopic (exact) mass is 562 g/mol. The third-order valence-corrected chi connectivity index (χ3v) is 11.8. The van der Waals surface area contributed by atoms with Crippen LogP contribution in [0.4, 0.5) is 0 Å². The van der Waals surface area contributed by atoms with Crippen molar-refractivity contribution in [3.05, 3.63) is 12.8 Å². The Morgan fingerprint density at radius 3 is 0.686 bits per heavy atom. The van der Waals surface area contributed by atoms with E-state index in [-0.39, 0.29) is 32.3 Å². The molecule has 0 fully saturated rings. The Hall–Kier alpha value is -0.406. The van der Waals surface area contributed by atoms with Gasteiger partial charge in [0, 0.05) is 15.8 Å². The van der Waals surface area contributed by atoms with Gasteiger partial charge in [-0.3, -0.25) is 23.7 Å². The van der Waals surface area contributed by atoms with E-state index in [1.807, 2.05) is 11.8 Å². The SMILES string of the molecule is CCCC[PH+](CCCC)CCCC.CCCC[PH+](CCCC)CCCC.[C-]#CC#C.[C-]#CC#C.[Ni+2]. The summed E-state index contributed by atoms with van der Waals surface area (Å²) in [6.45, 7) is 13.9. The van der Waals surface area contributed by atoms with Crippen LogP contribution in [0.5, 0.6) is 0 Å². The number of hydrogen-bond acceptors (Lipinski definition) is 0. The van der Waals surface area contributed by atoms with Crippen molar-refractivity contribution in [2.24, 2.45) is 0 Å². The molecule has 0 saturated carbocycles. The van der Waals surface area contributed by atoms with Gasteiger partial charge in [0.05, 0.1) is 37.0 Å². The third-order valence-electron chi connectivity index (χ3n) is 5.45. The summed E-state index contributed by atoms with van der Waals surface area (Å²) in [5.74, 6) is 7.11. The molecule has 0 amide bonds. The fourth-order valence-electron chi connectivity index (χ4n) is 3.31. The Balaban J connectivity index is -0.000000128. The minimum absolute atomic E-state index is 0. The van der Waals surface area contributed by atoms with E-state index in [9.17, 15) is 0 Å². The van der Waals surface area contributed by atoms with Crippen LogP contribution in [0.1, 0.15) is 119 Å². The van der Waals surface area contributed by atoms with E-state index in [1.54, 1.807) is 48.8 Å². The molecule has 0 heterocycles. The van der Waals surface area contributed by atoms with E-state index >= 15 is 0 Å². The second-order valence-electron chi connectivity index (χ2n) is 8.66. The van der Waals surface area contributed by atoms with Crippen molar-refractivity contribution in [3.8, 4) is 36.5 Å². The topological polar surface area (TPSA) is 0 Å². The quantitative estimate of drug-likeness (QED) is 0.0674. The van der Waals surface area contributed by atoms with Crippen molar-refractivity contribution in [2.75, 3.05) is 37.0 Å². The van der Waals surface area contributed by atoms with E-state index < -0.39 is 0 Å². The van der Waals surface area contributed by atoms with Gasteiger partial charge < -0.3 is 12.8 Å². The van der Waals surface area contributed by atoms with Gasteiger partial charge in [-0.15, -0.1) is 0 Å². The normalized spacial score (nSPS) is 8.80. The number of hydrogen-bond donors (Lipinski definition) is 0. The van der Waals surface area contributed by atoms with Crippen LogP contribution >= 0.6 is 15.8 Å². The standard InChI is InChI=1S/2C12H27P.2C4H.Ni/c2*1-4-7-10-13(11-8-5-2)12-9-6-3;2*1-3-4-2;/h2*4-12H2,1-3H3;2*1H;/q;;2*-1;+2/p+2. The van der Waals surface area contributed by atoms with Crippen LogP contribution in [0, 0.1) is 49.4 Å². The first-order valence-electron chi connectivity index (χ1n) is 13.9. The van der Waals surface area contributed by atoms with Crippen LogP contribution in [0.2, 0.25) is 0 Å². The summed E-state index contributed by atoms with van der Waals surface area (Å²) in [5.41, 5.74) is 0. The molecule has 0 aromatic heterocycles. The molecule has 35 heavy (non-hydrogen) atoms. The second kappa shape index (κ2) is 46.9. The predicted octanol–water partition coefficient (Wildman–Crippen LogP) is 9.62. The molecular weight excluding hydrogens is 505 g/mol. The first-order valence-corrected chi connectivity index (χ1v) is 18.2. The van der Waals surface area contributed by atoms with Crippen LogP contribution in [0.15, 0.2) is 0 Å². The molecule has 204 valence electrons. The van der Waals surface area contributed by atoms with Gasteiger partial charge in [0.15, 0.2) is 0 Å². The van der Waals surface area contributed by atoms with E-state index in [0.29, 0.717) is 0 Å². The molecule has 0 aromatic rings. The van der Waals surface area contributed by atoms with Crippen LogP contribution in [-0.4, -0.2) is 37.0 Å². The van der Waals surface area contributed by atoms with E-state index in [4.69, 9.17) is 12.8 Å². The maximum atomic E-state index is 5.97. The average molecular weight is 563 g/mol. The molecule has 0 aliphatic rings. The van der Waals surface area contributed by atoms with Gasteiger partial charge in [-0.2, -0.15) is 0 Å². The molecule has 0 unspecified atom stereocenters. The Morgan fingerprint density at radius 2 is 0.600 bits per heavy atom. The van der Waals surface area contributed by atoms with Gasteiger partial charge in [0.1, 0.15) is 0 Å². The summed E-state index contributed by atoms with van der Waals surface area (Å²) >= 11 is 0. The maximum Gasteiger partial charge on any atom is 2.00 e. The Labute approximate surface area is 236 Å². The molecule has 0 N–H and O–H groups in total. The number of unbranched alkanes of at least 4 members (excludes halogenated alkanes) is 6. The molecule has 0 aliphatic heterocycles. The predicted molar refractivity (Wildman–Crippen MR) is 167 cm³/mol. The molecule has 0 saturated heterocycles. The fourth-order valence-corrected chi connectivity index (χ4v) is 9.93. The molecule has 0 radical (unpaired) electrons. The number of terminal acetylenes is 2. The molecule has 0 aromatic carbocycles. The van der Waals surface area contributed by atoms with Gasteiger partial charge in [0.2, 0.25) is 0 Å². The molecule has 0 bridgehead atoms. The summed E-state index contributed by atoms with van der Waals surface area (Å²) < 4.78 is 0. The summed E-state index contributed by atoms with van der Waals surface area (Å²) in [6, 6.07) is 0. The molecule has 0 atom stereocenters. The van der Waals surface area contributed by atoms with Gasteiger partial charge in [-0.05, 0) is 38.5 Å². The summed E-state index contributed by atoms with van der Waals surface area (Å²) in [5, 5.41) is 0. The minimum atomic E-state index is 0.